The molecule has 0 heterocycles. The van der Waals surface area contributed by atoms with Gasteiger partial charge in [0.1, 0.15) is 0 Å². The summed E-state index contributed by atoms with van der Waals surface area (Å²) in [6, 6.07) is 5.98. The van der Waals surface area contributed by atoms with Crippen LogP contribution in [0.1, 0.15) is 83.6 Å². The Bertz CT molecular complexity index is 689. The highest BCUT2D eigenvalue weighted by Gasteiger charge is 2.31. The monoisotopic (exact) mass is 372 g/mol. The number of benzene rings is 1. The topological polar surface area (TPSA) is 115 Å². The highest BCUT2D eigenvalue weighted by atomic mass is 16.2. The van der Waals surface area contributed by atoms with Crippen LogP contribution in [0.2, 0.25) is 0 Å². The first-order chi connectivity index (χ1) is 12.9. The molecule has 2 aliphatic carbocycles. The van der Waals surface area contributed by atoms with Gasteiger partial charge in [0.25, 0.3) is 5.91 Å². The lowest BCUT2D eigenvalue weighted by molar-refractivity contribution is 0.0688. The lowest BCUT2D eigenvalue weighted by Crippen LogP contribution is -2.42. The maximum atomic E-state index is 13.3. The van der Waals surface area contributed by atoms with Gasteiger partial charge in [-0.1, -0.05) is 6.07 Å². The van der Waals surface area contributed by atoms with E-state index >= 15 is 0 Å². The molecule has 1 aromatic carbocycles. The first-order valence-corrected chi connectivity index (χ1v) is 10.1. The van der Waals surface area contributed by atoms with E-state index in [-0.39, 0.29) is 30.0 Å². The first-order valence-electron chi connectivity index (χ1n) is 10.1. The van der Waals surface area contributed by atoms with Crippen LogP contribution in [-0.2, 0) is 0 Å². The van der Waals surface area contributed by atoms with Gasteiger partial charge in [-0.15, -0.1) is 0 Å². The molecule has 2 saturated carbocycles. The summed E-state index contributed by atoms with van der Waals surface area (Å²) in [5.41, 5.74) is 19.6. The van der Waals surface area contributed by atoms with Gasteiger partial charge in [-0.25, -0.2) is 0 Å². The van der Waals surface area contributed by atoms with E-state index in [1.165, 1.54) is 0 Å². The molecule has 148 valence electrons. The van der Waals surface area contributed by atoms with E-state index in [0.29, 0.717) is 11.1 Å². The van der Waals surface area contributed by atoms with E-state index in [1.807, 2.05) is 18.0 Å². The second-order valence-corrected chi connectivity index (χ2v) is 8.23. The normalized spacial score (nSPS) is 28.6. The molecule has 2 fully saturated rings. The minimum atomic E-state index is -0.471. The van der Waals surface area contributed by atoms with Gasteiger partial charge in [-0.3, -0.25) is 9.59 Å². The highest BCUT2D eigenvalue weighted by Crippen LogP contribution is 2.37. The van der Waals surface area contributed by atoms with Crippen LogP contribution in [-0.4, -0.2) is 41.9 Å². The largest absolute Gasteiger partial charge is 0.366 e. The van der Waals surface area contributed by atoms with Crippen LogP contribution in [0.5, 0.6) is 0 Å². The number of nitrogens with zero attached hydrogens (tertiary/aromatic N) is 1. The van der Waals surface area contributed by atoms with Gasteiger partial charge in [-0.2, -0.15) is 0 Å². The molecule has 6 heteroatoms. The van der Waals surface area contributed by atoms with Gasteiger partial charge in [-0.05, 0) is 75.0 Å². The van der Waals surface area contributed by atoms with Crippen molar-refractivity contribution >= 4 is 11.8 Å². The van der Waals surface area contributed by atoms with Gasteiger partial charge < -0.3 is 22.1 Å². The van der Waals surface area contributed by atoms with Gasteiger partial charge in [0.15, 0.2) is 0 Å². The van der Waals surface area contributed by atoms with Crippen LogP contribution in [0.15, 0.2) is 18.2 Å². The fourth-order valence-corrected chi connectivity index (χ4v) is 4.66. The van der Waals surface area contributed by atoms with Gasteiger partial charge >= 0.3 is 0 Å². The molecule has 27 heavy (non-hydrogen) atoms. The molecule has 0 atom stereocenters. The van der Waals surface area contributed by atoms with E-state index in [4.69, 9.17) is 17.2 Å². The first kappa shape index (κ1) is 19.8. The Labute approximate surface area is 161 Å². The van der Waals surface area contributed by atoms with Crippen molar-refractivity contribution in [1.29, 1.82) is 0 Å². The van der Waals surface area contributed by atoms with E-state index in [0.717, 1.165) is 56.9 Å². The Morgan fingerprint density at radius 3 is 1.96 bits per heavy atom. The molecular weight excluding hydrogens is 340 g/mol. The van der Waals surface area contributed by atoms with Crippen molar-refractivity contribution in [1.82, 2.24) is 4.90 Å². The number of rotatable bonds is 4. The van der Waals surface area contributed by atoms with Crippen LogP contribution in [0, 0.1) is 0 Å². The molecule has 6 nitrogen and oxygen atoms in total. The number of amides is 2. The summed E-state index contributed by atoms with van der Waals surface area (Å²) in [6.07, 6.45) is 7.30. The molecule has 0 aromatic heterocycles. The minimum Gasteiger partial charge on any atom is -0.366 e. The number of primary amides is 1. The Hall–Kier alpha value is -1.92. The van der Waals surface area contributed by atoms with E-state index in [9.17, 15) is 9.59 Å². The third kappa shape index (κ3) is 4.33. The molecule has 2 amide bonds. The zero-order chi connectivity index (χ0) is 19.6. The molecule has 0 saturated heterocycles. The quantitative estimate of drug-likeness (QED) is 0.750. The average molecular weight is 373 g/mol. The van der Waals surface area contributed by atoms with Crippen molar-refractivity contribution in [3.63, 3.8) is 0 Å². The van der Waals surface area contributed by atoms with Crippen LogP contribution in [0.4, 0.5) is 0 Å². The standard InChI is InChI=1S/C21H32N4O2/c1-25(16-11-9-15(23)10-12-16)21(27)18-4-2-3-17(20(24)26)19(18)13-5-7-14(22)8-6-13/h2-4,13-16H,5-12,22-23H2,1H3,(H2,24,26). The zero-order valence-corrected chi connectivity index (χ0v) is 16.2. The molecule has 0 radical (unpaired) electrons. The number of hydrogen-bond acceptors (Lipinski definition) is 4. The highest BCUT2D eigenvalue weighted by molar-refractivity contribution is 6.02. The molecule has 0 unspecified atom stereocenters. The maximum Gasteiger partial charge on any atom is 0.254 e. The van der Waals surface area contributed by atoms with Crippen LogP contribution >= 0.6 is 0 Å². The van der Waals surface area contributed by atoms with Gasteiger partial charge in [0.05, 0.1) is 0 Å². The molecule has 3 rings (SSSR count). The molecular formula is C21H32N4O2. The fraction of sp³-hybridized carbons (Fsp3) is 0.619. The van der Waals surface area contributed by atoms with Crippen LogP contribution < -0.4 is 17.2 Å². The molecule has 0 bridgehead atoms. The lowest BCUT2D eigenvalue weighted by Gasteiger charge is -2.35. The predicted molar refractivity (Wildman–Crippen MR) is 106 cm³/mol. The van der Waals surface area contributed by atoms with Crippen molar-refractivity contribution in [2.75, 3.05) is 7.05 Å². The third-order valence-electron chi connectivity index (χ3n) is 6.39. The molecule has 6 N–H and O–H groups in total. The number of carbonyl (C=O) groups excluding carboxylic acids is 2. The summed E-state index contributed by atoms with van der Waals surface area (Å²) in [6.45, 7) is 0. The number of carbonyl (C=O) groups is 2. The maximum absolute atomic E-state index is 13.3. The summed E-state index contributed by atoms with van der Waals surface area (Å²) in [5, 5.41) is 0. The molecule has 2 aliphatic rings. The van der Waals surface area contributed by atoms with Gasteiger partial charge in [0, 0.05) is 36.3 Å². The Balaban J connectivity index is 1.90. The molecule has 0 spiro atoms. The Kier molecular flexibility index (Phi) is 6.17. The summed E-state index contributed by atoms with van der Waals surface area (Å²) in [4.78, 5) is 27.3. The second kappa shape index (κ2) is 8.40. The van der Waals surface area contributed by atoms with Crippen molar-refractivity contribution in [3.8, 4) is 0 Å². The summed E-state index contributed by atoms with van der Waals surface area (Å²) < 4.78 is 0. The van der Waals surface area contributed by atoms with Crippen molar-refractivity contribution in [3.05, 3.63) is 34.9 Å². The summed E-state index contributed by atoms with van der Waals surface area (Å²) >= 11 is 0. The Morgan fingerprint density at radius 2 is 1.41 bits per heavy atom. The third-order valence-corrected chi connectivity index (χ3v) is 6.39. The fourth-order valence-electron chi connectivity index (χ4n) is 4.66. The summed E-state index contributed by atoms with van der Waals surface area (Å²) in [5.74, 6) is -0.343. The lowest BCUT2D eigenvalue weighted by atomic mass is 9.78. The van der Waals surface area contributed by atoms with E-state index < -0.39 is 5.91 Å². The second-order valence-electron chi connectivity index (χ2n) is 8.23. The SMILES string of the molecule is CN(C(=O)c1cccc(C(N)=O)c1C1CCC(N)CC1)C1CCC(N)CC1. The Morgan fingerprint density at radius 1 is 0.889 bits per heavy atom. The summed E-state index contributed by atoms with van der Waals surface area (Å²) in [7, 11) is 1.86. The van der Waals surface area contributed by atoms with E-state index in [1.54, 1.807) is 12.1 Å². The molecule has 0 aliphatic heterocycles. The van der Waals surface area contributed by atoms with Gasteiger partial charge in [0.2, 0.25) is 5.91 Å². The number of nitrogens with two attached hydrogens (primary N) is 3. The average Bonchev–Trinajstić information content (AvgIpc) is 2.67. The minimum absolute atomic E-state index is 0.0246. The molecule has 1 aromatic rings. The number of hydrogen-bond donors (Lipinski definition) is 3. The van der Waals surface area contributed by atoms with E-state index in [2.05, 4.69) is 0 Å². The zero-order valence-electron chi connectivity index (χ0n) is 16.2. The predicted octanol–water partition coefficient (Wildman–Crippen LogP) is 2.11. The van der Waals surface area contributed by atoms with Crippen LogP contribution in [0.25, 0.3) is 0 Å². The van der Waals surface area contributed by atoms with Crippen LogP contribution in [0.3, 0.4) is 0 Å². The van der Waals surface area contributed by atoms with Crippen molar-refractivity contribution in [2.24, 2.45) is 17.2 Å². The smallest absolute Gasteiger partial charge is 0.254 e. The van der Waals surface area contributed by atoms with Crippen molar-refractivity contribution < 1.29 is 9.59 Å². The van der Waals surface area contributed by atoms with Crippen molar-refractivity contribution in [2.45, 2.75) is 75.4 Å².